The Labute approximate surface area is 201 Å². The molecule has 0 aromatic heterocycles. The molecule has 0 unspecified atom stereocenters. The topological polar surface area (TPSA) is 52.8 Å². The number of hydrogen-bond acceptors (Lipinski definition) is 3. The van der Waals surface area contributed by atoms with Crippen molar-refractivity contribution in [3.05, 3.63) is 123 Å². The van der Waals surface area contributed by atoms with Crippen LogP contribution < -0.4 is 0 Å². The van der Waals surface area contributed by atoms with Gasteiger partial charge in [-0.2, -0.15) is 0 Å². The highest BCUT2D eigenvalue weighted by Gasteiger charge is 2.30. The Bertz CT molecular complexity index is 1330. The lowest BCUT2D eigenvalue weighted by molar-refractivity contribution is 0.419. The third-order valence-electron chi connectivity index (χ3n) is 6.90. The molecule has 3 nitrogen and oxygen atoms in total. The maximum Gasteiger partial charge on any atom is 0.128 e. The number of benzene rings is 1. The highest BCUT2D eigenvalue weighted by atomic mass is 16.3. The number of allylic oxidation sites excluding steroid dienone is 14. The van der Waals surface area contributed by atoms with E-state index in [0.29, 0.717) is 11.3 Å². The molecule has 0 radical (unpaired) electrons. The van der Waals surface area contributed by atoms with Gasteiger partial charge in [-0.1, -0.05) is 75.4 Å². The highest BCUT2D eigenvalue weighted by molar-refractivity contribution is 5.86. The van der Waals surface area contributed by atoms with Crippen molar-refractivity contribution in [3.8, 4) is 5.75 Å². The number of aliphatic imine (C=N–C) groups is 1. The van der Waals surface area contributed by atoms with Gasteiger partial charge in [0.05, 0.1) is 5.70 Å². The molecule has 0 saturated heterocycles. The third kappa shape index (κ3) is 3.96. The summed E-state index contributed by atoms with van der Waals surface area (Å²) in [7, 11) is 0. The minimum Gasteiger partial charge on any atom is -0.508 e. The molecule has 0 aliphatic heterocycles. The van der Waals surface area contributed by atoms with E-state index in [9.17, 15) is 10.2 Å². The minimum atomic E-state index is -0.165. The summed E-state index contributed by atoms with van der Waals surface area (Å²) in [6.07, 6.45) is 21.8. The molecule has 2 N–H and O–H groups in total. The number of aromatic hydroxyl groups is 1. The first-order valence-corrected chi connectivity index (χ1v) is 12.0. The van der Waals surface area contributed by atoms with Gasteiger partial charge in [-0.25, -0.2) is 0 Å². The minimum absolute atomic E-state index is 0.165. The second kappa shape index (κ2) is 8.64. The van der Waals surface area contributed by atoms with Crippen molar-refractivity contribution in [1.29, 1.82) is 0 Å². The fourth-order valence-corrected chi connectivity index (χ4v) is 5.12. The van der Waals surface area contributed by atoms with Gasteiger partial charge in [0.15, 0.2) is 0 Å². The first-order valence-electron chi connectivity index (χ1n) is 12.0. The van der Waals surface area contributed by atoms with Gasteiger partial charge in [0, 0.05) is 22.9 Å². The predicted octanol–water partition coefficient (Wildman–Crippen LogP) is 7.61. The molecule has 3 heteroatoms. The molecule has 4 aliphatic rings. The molecule has 0 spiro atoms. The van der Waals surface area contributed by atoms with E-state index < -0.39 is 0 Å². The number of nitrogens with zero attached hydrogens (tertiary/aromatic N) is 1. The fraction of sp³-hybridized carbons (Fsp3) is 0.258. The van der Waals surface area contributed by atoms with Crippen molar-refractivity contribution in [2.45, 2.75) is 51.9 Å². The fourth-order valence-electron chi connectivity index (χ4n) is 5.12. The van der Waals surface area contributed by atoms with E-state index in [2.05, 4.69) is 63.3 Å². The molecular formula is C31H31NO2. The van der Waals surface area contributed by atoms with Crippen LogP contribution in [0.2, 0.25) is 0 Å². The quantitative estimate of drug-likeness (QED) is 0.467. The van der Waals surface area contributed by atoms with Gasteiger partial charge in [0.2, 0.25) is 0 Å². The zero-order chi connectivity index (χ0) is 23.9. The monoisotopic (exact) mass is 449 g/mol. The van der Waals surface area contributed by atoms with Crippen LogP contribution in [0.25, 0.3) is 0 Å². The molecule has 5 rings (SSSR count). The molecule has 0 amide bonds. The van der Waals surface area contributed by atoms with E-state index in [1.54, 1.807) is 6.21 Å². The van der Waals surface area contributed by atoms with Gasteiger partial charge in [-0.05, 0) is 71.1 Å². The summed E-state index contributed by atoms with van der Waals surface area (Å²) < 4.78 is 0. The normalized spacial score (nSPS) is 20.1. The van der Waals surface area contributed by atoms with Crippen LogP contribution in [0.3, 0.4) is 0 Å². The summed E-state index contributed by atoms with van der Waals surface area (Å²) in [5, 5.41) is 22.0. The van der Waals surface area contributed by atoms with Crippen molar-refractivity contribution in [1.82, 2.24) is 0 Å². The van der Waals surface area contributed by atoms with Crippen molar-refractivity contribution in [2.75, 3.05) is 0 Å². The van der Waals surface area contributed by atoms with Gasteiger partial charge < -0.3 is 10.2 Å². The van der Waals surface area contributed by atoms with Crippen LogP contribution in [0.5, 0.6) is 5.75 Å². The summed E-state index contributed by atoms with van der Waals surface area (Å²) in [6, 6.07) is 5.83. The highest BCUT2D eigenvalue weighted by Crippen LogP contribution is 2.45. The lowest BCUT2D eigenvalue weighted by Gasteiger charge is -2.30. The number of aliphatic hydroxyl groups is 1. The van der Waals surface area contributed by atoms with Crippen LogP contribution in [0.1, 0.15) is 57.6 Å². The zero-order valence-electron chi connectivity index (χ0n) is 20.1. The molecule has 34 heavy (non-hydrogen) atoms. The van der Waals surface area contributed by atoms with E-state index >= 15 is 0 Å². The van der Waals surface area contributed by atoms with Crippen LogP contribution in [0, 0.1) is 0 Å². The maximum absolute atomic E-state index is 11.1. The van der Waals surface area contributed by atoms with Crippen LogP contribution in [-0.4, -0.2) is 16.4 Å². The van der Waals surface area contributed by atoms with Crippen LogP contribution in [-0.2, 0) is 5.41 Å². The number of hydrogen-bond donors (Lipinski definition) is 2. The van der Waals surface area contributed by atoms with Gasteiger partial charge in [-0.3, -0.25) is 4.99 Å². The van der Waals surface area contributed by atoms with E-state index in [1.165, 1.54) is 22.3 Å². The van der Waals surface area contributed by atoms with Crippen molar-refractivity contribution in [3.63, 3.8) is 0 Å². The van der Waals surface area contributed by atoms with E-state index in [4.69, 9.17) is 4.99 Å². The average Bonchev–Trinajstić information content (AvgIpc) is 2.83. The Kier molecular flexibility index (Phi) is 5.65. The first-order chi connectivity index (χ1) is 16.3. The van der Waals surface area contributed by atoms with Crippen LogP contribution >= 0.6 is 0 Å². The molecule has 1 aromatic carbocycles. The van der Waals surface area contributed by atoms with E-state index in [0.717, 1.165) is 48.1 Å². The lowest BCUT2D eigenvalue weighted by atomic mass is 9.76. The maximum atomic E-state index is 11.1. The Morgan fingerprint density at radius 3 is 2.15 bits per heavy atom. The van der Waals surface area contributed by atoms with Crippen molar-refractivity contribution >= 4 is 6.21 Å². The number of aliphatic hydroxyl groups excluding tert-OH is 1. The summed E-state index contributed by atoms with van der Waals surface area (Å²) in [5.41, 5.74) is 9.12. The lowest BCUT2D eigenvalue weighted by Crippen LogP contribution is -2.14. The van der Waals surface area contributed by atoms with Gasteiger partial charge in [0.1, 0.15) is 11.5 Å². The largest absolute Gasteiger partial charge is 0.508 e. The van der Waals surface area contributed by atoms with E-state index in [-0.39, 0.29) is 11.2 Å². The SMILES string of the molecule is CC(C)(C)c1cccc(C=NC2=CCC3=CC=CCC3=C2C2=C3CC=CC=C3CC=C2O)c1O. The first kappa shape index (κ1) is 22.2. The molecular weight excluding hydrogens is 418 g/mol. The Hall–Kier alpha value is -3.59. The number of phenols is 1. The Morgan fingerprint density at radius 1 is 0.824 bits per heavy atom. The van der Waals surface area contributed by atoms with Gasteiger partial charge in [-0.15, -0.1) is 0 Å². The van der Waals surface area contributed by atoms with Crippen molar-refractivity contribution in [2.24, 2.45) is 4.99 Å². The summed E-state index contributed by atoms with van der Waals surface area (Å²) in [4.78, 5) is 4.91. The van der Waals surface area contributed by atoms with Crippen LogP contribution in [0.15, 0.2) is 117 Å². The second-order valence-corrected chi connectivity index (χ2v) is 10.2. The molecule has 0 heterocycles. The standard InChI is InChI=1S/C31H31NO2/c1-31(2,3)25-14-8-11-22(30(25)34)19-32-26-17-15-20-9-4-6-12-23(20)28(26)29-24-13-7-5-10-21(24)16-18-27(29)33/h4-11,14,17-19,33-34H,12-13,15-16H2,1-3H3. The summed E-state index contributed by atoms with van der Waals surface area (Å²) in [6.45, 7) is 6.28. The number of para-hydroxylation sites is 1. The molecule has 172 valence electrons. The Balaban J connectivity index is 1.63. The molecule has 0 saturated carbocycles. The smallest absolute Gasteiger partial charge is 0.128 e. The molecule has 0 bridgehead atoms. The summed E-state index contributed by atoms with van der Waals surface area (Å²) >= 11 is 0. The number of phenolic OH excluding ortho intramolecular Hbond substituents is 1. The summed E-state index contributed by atoms with van der Waals surface area (Å²) in [5.74, 6) is 0.607. The average molecular weight is 450 g/mol. The molecule has 0 atom stereocenters. The van der Waals surface area contributed by atoms with E-state index in [1.807, 2.05) is 24.3 Å². The number of fused-ring (bicyclic) bond motifs is 2. The zero-order valence-corrected chi connectivity index (χ0v) is 20.1. The van der Waals surface area contributed by atoms with Gasteiger partial charge >= 0.3 is 0 Å². The van der Waals surface area contributed by atoms with Crippen molar-refractivity contribution < 1.29 is 10.2 Å². The Morgan fingerprint density at radius 2 is 1.47 bits per heavy atom. The molecule has 1 aromatic rings. The van der Waals surface area contributed by atoms with Crippen LogP contribution in [0.4, 0.5) is 0 Å². The number of rotatable bonds is 3. The van der Waals surface area contributed by atoms with Gasteiger partial charge in [0.25, 0.3) is 0 Å². The third-order valence-corrected chi connectivity index (χ3v) is 6.90. The second-order valence-electron chi connectivity index (χ2n) is 10.2. The molecule has 4 aliphatic carbocycles. The molecule has 0 fully saturated rings. The predicted molar refractivity (Wildman–Crippen MR) is 140 cm³/mol.